The van der Waals surface area contributed by atoms with Crippen molar-refractivity contribution in [2.75, 3.05) is 23.3 Å². The van der Waals surface area contributed by atoms with Crippen LogP contribution in [0.25, 0.3) is 44.6 Å². The molecule has 0 spiro atoms. The first kappa shape index (κ1) is 22.2. The molecule has 1 saturated heterocycles. The summed E-state index contributed by atoms with van der Waals surface area (Å²) < 4.78 is 0. The molecule has 0 atom stereocenters. The number of hydrogen-bond acceptors (Lipinski definition) is 6. The maximum absolute atomic E-state index is 12.1. The zero-order chi connectivity index (χ0) is 24.6. The number of rotatable bonds is 5. The minimum atomic E-state index is -0.104. The Bertz CT molecular complexity index is 1560. The SMILES string of the molecule is CC(C)C(=O)Nc1cncc(-c2ccc3[nH]nc(-c4nc5c(N6CCCCC6)nccc5[nH]4)c3c2)c1. The van der Waals surface area contributed by atoms with Gasteiger partial charge in [-0.15, -0.1) is 0 Å². The third kappa shape index (κ3) is 4.06. The van der Waals surface area contributed by atoms with Gasteiger partial charge in [-0.25, -0.2) is 9.97 Å². The molecule has 6 rings (SSSR count). The standard InChI is InChI=1S/C27H28N8O/c1-16(2)27(36)30-19-12-18(14-28-15-19)17-6-7-21-20(13-17)23(34-33-21)25-31-22-8-9-29-26(24(22)32-25)35-10-4-3-5-11-35/h6-9,12-16H,3-5,10-11H2,1-2H3,(H,30,36)(H,31,32)(H,33,34). The fourth-order valence-electron chi connectivity index (χ4n) is 4.70. The number of H-pyrrole nitrogens is 2. The van der Waals surface area contributed by atoms with Gasteiger partial charge in [0.1, 0.15) is 11.2 Å². The highest BCUT2D eigenvalue weighted by atomic mass is 16.1. The second-order valence-electron chi connectivity index (χ2n) is 9.60. The summed E-state index contributed by atoms with van der Waals surface area (Å²) >= 11 is 0. The largest absolute Gasteiger partial charge is 0.355 e. The first-order valence-electron chi connectivity index (χ1n) is 12.4. The third-order valence-electron chi connectivity index (χ3n) is 6.69. The molecule has 0 unspecified atom stereocenters. The normalized spacial score (nSPS) is 14.1. The van der Waals surface area contributed by atoms with Crippen molar-refractivity contribution < 1.29 is 4.79 Å². The molecule has 0 saturated carbocycles. The van der Waals surface area contributed by atoms with Gasteiger partial charge >= 0.3 is 0 Å². The van der Waals surface area contributed by atoms with Crippen molar-refractivity contribution in [3.63, 3.8) is 0 Å². The van der Waals surface area contributed by atoms with Crippen LogP contribution in [0.15, 0.2) is 48.9 Å². The second kappa shape index (κ2) is 9.07. The van der Waals surface area contributed by atoms with Crippen LogP contribution in [0, 0.1) is 5.92 Å². The van der Waals surface area contributed by atoms with Crippen molar-refractivity contribution in [2.24, 2.45) is 5.92 Å². The van der Waals surface area contributed by atoms with Crippen LogP contribution in [-0.2, 0) is 4.79 Å². The van der Waals surface area contributed by atoms with E-state index in [9.17, 15) is 4.79 Å². The van der Waals surface area contributed by atoms with Gasteiger partial charge in [0.05, 0.1) is 22.9 Å². The Hall–Kier alpha value is -4.27. The highest BCUT2D eigenvalue weighted by molar-refractivity contribution is 5.97. The Morgan fingerprint density at radius 3 is 2.72 bits per heavy atom. The molecular weight excluding hydrogens is 452 g/mol. The first-order valence-corrected chi connectivity index (χ1v) is 12.4. The quantitative estimate of drug-likeness (QED) is 0.320. The van der Waals surface area contributed by atoms with E-state index >= 15 is 0 Å². The van der Waals surface area contributed by atoms with Crippen LogP contribution < -0.4 is 10.2 Å². The summed E-state index contributed by atoms with van der Waals surface area (Å²) in [6.45, 7) is 5.75. The summed E-state index contributed by atoms with van der Waals surface area (Å²) in [5, 5.41) is 11.6. The maximum atomic E-state index is 12.1. The first-order chi connectivity index (χ1) is 17.6. The lowest BCUT2D eigenvalue weighted by molar-refractivity contribution is -0.118. The number of aromatic nitrogens is 6. The van der Waals surface area contributed by atoms with E-state index in [-0.39, 0.29) is 11.8 Å². The molecule has 5 heterocycles. The lowest BCUT2D eigenvalue weighted by atomic mass is 10.0. The minimum absolute atomic E-state index is 0.0372. The average Bonchev–Trinajstić information content (AvgIpc) is 3.53. The number of benzene rings is 1. The van der Waals surface area contributed by atoms with Gasteiger partial charge in [-0.2, -0.15) is 5.10 Å². The van der Waals surface area contributed by atoms with E-state index in [1.165, 1.54) is 19.3 Å². The fraction of sp³-hybridized carbons (Fsp3) is 0.296. The monoisotopic (exact) mass is 480 g/mol. The zero-order valence-corrected chi connectivity index (χ0v) is 20.4. The number of imidazole rings is 1. The van der Waals surface area contributed by atoms with Crippen LogP contribution in [0.5, 0.6) is 0 Å². The molecule has 1 amide bonds. The predicted molar refractivity (Wildman–Crippen MR) is 142 cm³/mol. The summed E-state index contributed by atoms with van der Waals surface area (Å²) in [4.78, 5) is 31.8. The summed E-state index contributed by atoms with van der Waals surface area (Å²) in [5.74, 6) is 1.50. The van der Waals surface area contributed by atoms with Crippen LogP contribution in [0.2, 0.25) is 0 Å². The van der Waals surface area contributed by atoms with Crippen molar-refractivity contribution in [3.8, 4) is 22.6 Å². The number of aromatic amines is 2. The van der Waals surface area contributed by atoms with Gasteiger partial charge in [0.15, 0.2) is 11.6 Å². The van der Waals surface area contributed by atoms with E-state index in [4.69, 9.17) is 4.98 Å². The van der Waals surface area contributed by atoms with E-state index in [1.54, 1.807) is 12.4 Å². The van der Waals surface area contributed by atoms with E-state index in [1.807, 2.05) is 44.3 Å². The lowest BCUT2D eigenvalue weighted by Crippen LogP contribution is -2.30. The number of nitrogens with one attached hydrogen (secondary N) is 3. The molecule has 182 valence electrons. The molecular formula is C27H28N8O. The molecule has 1 aliphatic rings. The van der Waals surface area contributed by atoms with Gasteiger partial charge in [0.2, 0.25) is 5.91 Å². The van der Waals surface area contributed by atoms with Gasteiger partial charge in [-0.1, -0.05) is 19.9 Å². The number of carbonyl (C=O) groups excluding carboxylic acids is 1. The molecule has 3 N–H and O–H groups in total. The van der Waals surface area contributed by atoms with Gasteiger partial charge in [0.25, 0.3) is 0 Å². The number of amides is 1. The number of hydrogen-bond donors (Lipinski definition) is 3. The van der Waals surface area contributed by atoms with Gasteiger partial charge in [0, 0.05) is 42.4 Å². The number of pyridine rings is 2. The molecule has 36 heavy (non-hydrogen) atoms. The Labute approximate surface area is 208 Å². The zero-order valence-electron chi connectivity index (χ0n) is 20.4. The third-order valence-corrected chi connectivity index (χ3v) is 6.69. The van der Waals surface area contributed by atoms with Crippen molar-refractivity contribution >= 4 is 39.3 Å². The number of nitrogens with zero attached hydrogens (tertiary/aromatic N) is 5. The maximum Gasteiger partial charge on any atom is 0.226 e. The van der Waals surface area contributed by atoms with Crippen LogP contribution in [0.3, 0.4) is 0 Å². The Balaban J connectivity index is 1.38. The van der Waals surface area contributed by atoms with E-state index in [2.05, 4.69) is 41.4 Å². The molecule has 9 nitrogen and oxygen atoms in total. The molecule has 0 aliphatic carbocycles. The number of fused-ring (bicyclic) bond motifs is 2. The number of carbonyl (C=O) groups is 1. The van der Waals surface area contributed by atoms with Crippen molar-refractivity contribution in [1.29, 1.82) is 0 Å². The van der Waals surface area contributed by atoms with E-state index in [0.29, 0.717) is 11.5 Å². The fourth-order valence-corrected chi connectivity index (χ4v) is 4.70. The predicted octanol–water partition coefficient (Wildman–Crippen LogP) is 5.15. The summed E-state index contributed by atoms with van der Waals surface area (Å²) in [6, 6.07) is 10.0. The summed E-state index contributed by atoms with van der Waals surface area (Å²) in [7, 11) is 0. The van der Waals surface area contributed by atoms with E-state index < -0.39 is 0 Å². The lowest BCUT2D eigenvalue weighted by Gasteiger charge is -2.27. The Kier molecular flexibility index (Phi) is 5.59. The molecule has 9 heteroatoms. The second-order valence-corrected chi connectivity index (χ2v) is 9.60. The topological polar surface area (TPSA) is 115 Å². The van der Waals surface area contributed by atoms with Gasteiger partial charge < -0.3 is 15.2 Å². The Morgan fingerprint density at radius 2 is 1.89 bits per heavy atom. The minimum Gasteiger partial charge on any atom is -0.355 e. The molecule has 1 aromatic carbocycles. The molecule has 0 bridgehead atoms. The highest BCUT2D eigenvalue weighted by Crippen LogP contribution is 2.33. The molecule has 1 fully saturated rings. The summed E-state index contributed by atoms with van der Waals surface area (Å²) in [5.41, 5.74) is 6.06. The van der Waals surface area contributed by atoms with Crippen LogP contribution in [0.1, 0.15) is 33.1 Å². The average molecular weight is 481 g/mol. The van der Waals surface area contributed by atoms with Crippen LogP contribution in [-0.4, -0.2) is 49.1 Å². The van der Waals surface area contributed by atoms with Crippen LogP contribution in [0.4, 0.5) is 11.5 Å². The van der Waals surface area contributed by atoms with Crippen LogP contribution >= 0.6 is 0 Å². The van der Waals surface area contributed by atoms with Crippen molar-refractivity contribution in [1.82, 2.24) is 30.1 Å². The van der Waals surface area contributed by atoms with E-state index in [0.717, 1.165) is 57.7 Å². The van der Waals surface area contributed by atoms with Crippen molar-refractivity contribution in [2.45, 2.75) is 33.1 Å². The number of anilines is 2. The molecule has 1 aliphatic heterocycles. The summed E-state index contributed by atoms with van der Waals surface area (Å²) in [6.07, 6.45) is 8.92. The Morgan fingerprint density at radius 1 is 1.03 bits per heavy atom. The van der Waals surface area contributed by atoms with Gasteiger partial charge in [-0.3, -0.25) is 14.9 Å². The number of piperidine rings is 1. The smallest absolute Gasteiger partial charge is 0.226 e. The molecule has 0 radical (unpaired) electrons. The van der Waals surface area contributed by atoms with Gasteiger partial charge in [-0.05, 0) is 49.1 Å². The highest BCUT2D eigenvalue weighted by Gasteiger charge is 2.20. The molecule has 4 aromatic heterocycles. The van der Waals surface area contributed by atoms with Crippen molar-refractivity contribution in [3.05, 3.63) is 48.9 Å². The molecule has 5 aromatic rings.